The van der Waals surface area contributed by atoms with Gasteiger partial charge in [0, 0.05) is 11.9 Å². The van der Waals surface area contributed by atoms with Crippen LogP contribution in [-0.4, -0.2) is 12.4 Å². The van der Waals surface area contributed by atoms with Gasteiger partial charge in [-0.05, 0) is 17.9 Å². The third-order valence-electron chi connectivity index (χ3n) is 1.87. The molecule has 0 aromatic heterocycles. The molecule has 1 heterocycles. The van der Waals surface area contributed by atoms with E-state index in [4.69, 9.17) is 0 Å². The van der Waals surface area contributed by atoms with E-state index in [1.54, 1.807) is 0 Å². The molecule has 0 atom stereocenters. The van der Waals surface area contributed by atoms with Crippen LogP contribution in [0.4, 0.5) is 0 Å². The van der Waals surface area contributed by atoms with Crippen LogP contribution in [0.1, 0.15) is 27.2 Å². The lowest BCUT2D eigenvalue weighted by Gasteiger charge is -2.17. The summed E-state index contributed by atoms with van der Waals surface area (Å²) in [5.74, 6) is 0.559. The molecule has 0 fully saturated rings. The Morgan fingerprint density at radius 1 is 1.64 bits per heavy atom. The lowest BCUT2D eigenvalue weighted by atomic mass is 9.98. The monoisotopic (exact) mass is 152 g/mol. The predicted molar refractivity (Wildman–Crippen MR) is 48.6 cm³/mol. The largest absolute Gasteiger partial charge is 0.372 e. The fourth-order valence-corrected chi connectivity index (χ4v) is 1.31. The van der Waals surface area contributed by atoms with Crippen LogP contribution in [0.3, 0.4) is 0 Å². The minimum absolute atomic E-state index is 0.559. The van der Waals surface area contributed by atoms with Gasteiger partial charge in [0.15, 0.2) is 0 Å². The van der Waals surface area contributed by atoms with E-state index in [1.807, 2.05) is 0 Å². The minimum atomic E-state index is 0.559. The molecule has 0 saturated heterocycles. The summed E-state index contributed by atoms with van der Waals surface area (Å²) in [6, 6.07) is 0. The first-order valence-electron chi connectivity index (χ1n) is 4.22. The van der Waals surface area contributed by atoms with E-state index in [1.165, 1.54) is 11.3 Å². The van der Waals surface area contributed by atoms with Gasteiger partial charge >= 0.3 is 0 Å². The number of nitrogens with one attached hydrogen (secondary N) is 1. The van der Waals surface area contributed by atoms with E-state index in [0.29, 0.717) is 5.92 Å². The molecule has 1 rings (SSSR count). The zero-order chi connectivity index (χ0) is 8.27. The molecule has 0 radical (unpaired) electrons. The van der Waals surface area contributed by atoms with Crippen LogP contribution in [0.2, 0.25) is 0 Å². The van der Waals surface area contributed by atoms with Gasteiger partial charge < -0.3 is 5.32 Å². The van der Waals surface area contributed by atoms with Gasteiger partial charge in [-0.15, -0.1) is 0 Å². The van der Waals surface area contributed by atoms with Crippen molar-refractivity contribution in [3.63, 3.8) is 0 Å². The van der Waals surface area contributed by atoms with Gasteiger partial charge in [0.05, 0.1) is 0 Å². The van der Waals surface area contributed by atoms with Crippen molar-refractivity contribution in [3.8, 4) is 0 Å². The van der Waals surface area contributed by atoms with Crippen LogP contribution in [0.15, 0.2) is 16.8 Å². The second-order valence-corrected chi connectivity index (χ2v) is 3.08. The smallest absolute Gasteiger partial charge is 0.107 e. The Kier molecular flexibility index (Phi) is 2.69. The van der Waals surface area contributed by atoms with Crippen LogP contribution in [-0.2, 0) is 0 Å². The highest BCUT2D eigenvalue weighted by Gasteiger charge is 2.11. The summed E-state index contributed by atoms with van der Waals surface area (Å²) < 4.78 is 0. The van der Waals surface area contributed by atoms with E-state index >= 15 is 0 Å². The average Bonchev–Trinajstić information content (AvgIpc) is 2.04. The molecular formula is C9H16N2. The lowest BCUT2D eigenvalue weighted by Crippen LogP contribution is -2.21. The number of hydrogen-bond donors (Lipinski definition) is 1. The molecule has 0 aromatic rings. The normalized spacial score (nSPS) is 17.5. The average molecular weight is 152 g/mol. The predicted octanol–water partition coefficient (Wildman–Crippen LogP) is 1.94. The van der Waals surface area contributed by atoms with E-state index in [-0.39, 0.29) is 0 Å². The van der Waals surface area contributed by atoms with E-state index < -0.39 is 0 Å². The molecule has 2 heteroatoms. The minimum Gasteiger partial charge on any atom is -0.372 e. The van der Waals surface area contributed by atoms with Crippen LogP contribution in [0, 0.1) is 5.92 Å². The van der Waals surface area contributed by atoms with E-state index in [9.17, 15) is 0 Å². The van der Waals surface area contributed by atoms with Gasteiger partial charge in [-0.3, -0.25) is 4.99 Å². The van der Waals surface area contributed by atoms with Crippen LogP contribution >= 0.6 is 0 Å². The molecule has 0 bridgehead atoms. The van der Waals surface area contributed by atoms with Crippen molar-refractivity contribution in [2.24, 2.45) is 10.9 Å². The van der Waals surface area contributed by atoms with Gasteiger partial charge in [0.25, 0.3) is 0 Å². The Morgan fingerprint density at radius 2 is 2.36 bits per heavy atom. The Hall–Kier alpha value is -0.790. The Labute approximate surface area is 68.4 Å². The summed E-state index contributed by atoms with van der Waals surface area (Å²) in [6.07, 6.45) is 3.16. The van der Waals surface area contributed by atoms with Crippen molar-refractivity contribution < 1.29 is 0 Å². The molecular weight excluding hydrogens is 136 g/mol. The van der Waals surface area contributed by atoms with Crippen LogP contribution < -0.4 is 5.32 Å². The lowest BCUT2D eigenvalue weighted by molar-refractivity contribution is 0.796. The number of nitrogens with zero attached hydrogens (tertiary/aromatic N) is 1. The Balaban J connectivity index is 2.75. The highest BCUT2D eigenvalue weighted by atomic mass is 15.0. The molecule has 62 valence electrons. The molecule has 0 spiro atoms. The fraction of sp³-hybridized carbons (Fsp3) is 0.667. The summed E-state index contributed by atoms with van der Waals surface area (Å²) in [6.45, 7) is 7.29. The molecule has 0 aromatic carbocycles. The molecule has 0 amide bonds. The first-order valence-corrected chi connectivity index (χ1v) is 4.22. The molecule has 1 aliphatic heterocycles. The first-order chi connectivity index (χ1) is 5.25. The summed E-state index contributed by atoms with van der Waals surface area (Å²) in [5, 5.41) is 3.12. The summed E-state index contributed by atoms with van der Waals surface area (Å²) in [4.78, 5) is 4.42. The third kappa shape index (κ3) is 1.82. The molecule has 1 N–H and O–H groups in total. The van der Waals surface area contributed by atoms with Crippen LogP contribution in [0.5, 0.6) is 0 Å². The van der Waals surface area contributed by atoms with Gasteiger partial charge in [-0.1, -0.05) is 20.8 Å². The van der Waals surface area contributed by atoms with Crippen molar-refractivity contribution in [2.45, 2.75) is 27.2 Å². The highest BCUT2D eigenvalue weighted by Crippen LogP contribution is 2.12. The summed E-state index contributed by atoms with van der Waals surface area (Å²) in [5.41, 5.74) is 2.62. The zero-order valence-electron chi connectivity index (χ0n) is 7.52. The SMILES string of the molecule is CCC1=CNCN=C1C(C)C. The Morgan fingerprint density at radius 3 is 2.82 bits per heavy atom. The summed E-state index contributed by atoms with van der Waals surface area (Å²) >= 11 is 0. The van der Waals surface area contributed by atoms with E-state index in [2.05, 4.69) is 37.3 Å². The molecule has 0 saturated carbocycles. The highest BCUT2D eigenvalue weighted by molar-refractivity contribution is 6.01. The van der Waals surface area contributed by atoms with E-state index in [0.717, 1.165) is 13.1 Å². The molecule has 0 aliphatic carbocycles. The quantitative estimate of drug-likeness (QED) is 0.642. The second kappa shape index (κ2) is 3.56. The van der Waals surface area contributed by atoms with Crippen molar-refractivity contribution in [2.75, 3.05) is 6.67 Å². The Bertz CT molecular complexity index is 190. The molecule has 2 nitrogen and oxygen atoms in total. The maximum atomic E-state index is 4.42. The zero-order valence-corrected chi connectivity index (χ0v) is 7.52. The van der Waals surface area contributed by atoms with Gasteiger partial charge in [-0.2, -0.15) is 0 Å². The number of aliphatic imine (C=N–C) groups is 1. The van der Waals surface area contributed by atoms with Gasteiger partial charge in [0.2, 0.25) is 0 Å². The van der Waals surface area contributed by atoms with Crippen molar-refractivity contribution >= 4 is 5.71 Å². The summed E-state index contributed by atoms with van der Waals surface area (Å²) in [7, 11) is 0. The first kappa shape index (κ1) is 8.31. The topological polar surface area (TPSA) is 24.4 Å². The number of allylic oxidation sites excluding steroid dienone is 1. The fourth-order valence-electron chi connectivity index (χ4n) is 1.31. The van der Waals surface area contributed by atoms with Crippen LogP contribution in [0.25, 0.3) is 0 Å². The van der Waals surface area contributed by atoms with Crippen molar-refractivity contribution in [1.82, 2.24) is 5.32 Å². The number of hydrogen-bond acceptors (Lipinski definition) is 2. The van der Waals surface area contributed by atoms with Gasteiger partial charge in [-0.25, -0.2) is 0 Å². The molecule has 1 aliphatic rings. The van der Waals surface area contributed by atoms with Gasteiger partial charge in [0.1, 0.15) is 6.67 Å². The van der Waals surface area contributed by atoms with Crippen molar-refractivity contribution in [3.05, 3.63) is 11.8 Å². The molecule has 0 unspecified atom stereocenters. The third-order valence-corrected chi connectivity index (χ3v) is 1.87. The van der Waals surface area contributed by atoms with Crippen molar-refractivity contribution in [1.29, 1.82) is 0 Å². The maximum Gasteiger partial charge on any atom is 0.107 e. The maximum absolute atomic E-state index is 4.42. The molecule has 11 heavy (non-hydrogen) atoms. The number of rotatable bonds is 2. The second-order valence-electron chi connectivity index (χ2n) is 3.08. The standard InChI is InChI=1S/C9H16N2/c1-4-8-5-10-6-11-9(8)7(2)3/h5,7,10H,4,6H2,1-3H3.